The van der Waals surface area contributed by atoms with Crippen molar-refractivity contribution < 1.29 is 9.53 Å². The van der Waals surface area contributed by atoms with Crippen molar-refractivity contribution in [2.24, 2.45) is 0 Å². The Bertz CT molecular complexity index is 722. The van der Waals surface area contributed by atoms with E-state index in [4.69, 9.17) is 4.74 Å². The van der Waals surface area contributed by atoms with Gasteiger partial charge in [0, 0.05) is 38.8 Å². The Morgan fingerprint density at radius 2 is 1.46 bits per heavy atom. The molecule has 1 aliphatic rings. The highest BCUT2D eigenvalue weighted by atomic mass is 16.5. The Morgan fingerprint density at radius 3 is 1.96 bits per heavy atom. The van der Waals surface area contributed by atoms with E-state index < -0.39 is 0 Å². The Labute approximate surface area is 168 Å². The summed E-state index contributed by atoms with van der Waals surface area (Å²) in [5.41, 5.74) is 3.63. The molecule has 0 spiro atoms. The van der Waals surface area contributed by atoms with Gasteiger partial charge in [-0.25, -0.2) is 4.79 Å². The first-order valence-corrected chi connectivity index (χ1v) is 10.0. The van der Waals surface area contributed by atoms with Crippen LogP contribution in [0.2, 0.25) is 0 Å². The minimum absolute atomic E-state index is 0.244. The summed E-state index contributed by atoms with van der Waals surface area (Å²) in [4.78, 5) is 16.6. The molecule has 3 rings (SSSR count). The number of esters is 1. The van der Waals surface area contributed by atoms with Crippen LogP contribution in [0.3, 0.4) is 0 Å². The number of allylic oxidation sites excluding steroid dienone is 1. The van der Waals surface area contributed by atoms with Crippen LogP contribution in [-0.2, 0) is 9.53 Å². The molecular weight excluding hydrogens is 348 g/mol. The van der Waals surface area contributed by atoms with Crippen LogP contribution in [0.5, 0.6) is 0 Å². The third kappa shape index (κ3) is 5.78. The van der Waals surface area contributed by atoms with Crippen LogP contribution in [0, 0.1) is 0 Å². The number of ether oxygens (including phenoxy) is 1. The molecule has 1 aliphatic heterocycles. The predicted octanol–water partition coefficient (Wildman–Crippen LogP) is 3.90. The summed E-state index contributed by atoms with van der Waals surface area (Å²) in [6.45, 7) is 8.99. The third-order valence-corrected chi connectivity index (χ3v) is 5.06. The third-order valence-electron chi connectivity index (χ3n) is 5.06. The molecule has 4 nitrogen and oxygen atoms in total. The van der Waals surface area contributed by atoms with Crippen molar-refractivity contribution >= 4 is 5.97 Å². The summed E-state index contributed by atoms with van der Waals surface area (Å²) in [7, 11) is 0. The summed E-state index contributed by atoms with van der Waals surface area (Å²) in [6.07, 6.45) is 1.54. The van der Waals surface area contributed by atoms with Crippen molar-refractivity contribution in [2.45, 2.75) is 19.9 Å². The molecule has 1 heterocycles. The molecule has 28 heavy (non-hydrogen) atoms. The zero-order valence-corrected chi connectivity index (χ0v) is 16.9. The number of benzene rings is 2. The van der Waals surface area contributed by atoms with E-state index >= 15 is 0 Å². The maximum absolute atomic E-state index is 11.6. The first kappa shape index (κ1) is 20.3. The molecule has 0 bridgehead atoms. The molecule has 0 amide bonds. The zero-order valence-electron chi connectivity index (χ0n) is 16.9. The van der Waals surface area contributed by atoms with E-state index in [1.807, 2.05) is 13.8 Å². The number of rotatable bonds is 7. The second-order valence-corrected chi connectivity index (χ2v) is 7.49. The molecule has 1 fully saturated rings. The summed E-state index contributed by atoms with van der Waals surface area (Å²) < 4.78 is 5.30. The molecule has 2 aromatic carbocycles. The highest BCUT2D eigenvalue weighted by molar-refractivity contribution is 5.82. The number of carbonyl (C=O) groups excluding carboxylic acids is 1. The average Bonchev–Trinajstić information content (AvgIpc) is 2.70. The highest BCUT2D eigenvalue weighted by Gasteiger charge is 2.26. The molecule has 2 aromatic rings. The average molecular weight is 379 g/mol. The van der Waals surface area contributed by atoms with Crippen LogP contribution in [0.1, 0.15) is 31.0 Å². The van der Waals surface area contributed by atoms with Crippen LogP contribution in [0.25, 0.3) is 0 Å². The minimum Gasteiger partial charge on any atom is -0.461 e. The van der Waals surface area contributed by atoms with Gasteiger partial charge in [0.25, 0.3) is 0 Å². The topological polar surface area (TPSA) is 32.8 Å². The van der Waals surface area contributed by atoms with Crippen molar-refractivity contribution in [1.29, 1.82) is 0 Å². The fourth-order valence-corrected chi connectivity index (χ4v) is 3.68. The molecule has 0 atom stereocenters. The molecule has 0 radical (unpaired) electrons. The van der Waals surface area contributed by atoms with Gasteiger partial charge >= 0.3 is 5.97 Å². The fourth-order valence-electron chi connectivity index (χ4n) is 3.68. The van der Waals surface area contributed by atoms with E-state index in [1.165, 1.54) is 11.1 Å². The van der Waals surface area contributed by atoms with Gasteiger partial charge < -0.3 is 4.74 Å². The molecule has 148 valence electrons. The van der Waals surface area contributed by atoms with E-state index in [1.54, 1.807) is 6.08 Å². The van der Waals surface area contributed by atoms with Gasteiger partial charge in [0.15, 0.2) is 0 Å². The van der Waals surface area contributed by atoms with Crippen molar-refractivity contribution in [1.82, 2.24) is 9.80 Å². The van der Waals surface area contributed by atoms with Gasteiger partial charge in [0.2, 0.25) is 0 Å². The SMILES string of the molecule is CC(C)=CC(=O)OCCN1CCN(C(c2ccccc2)c2ccccc2)CC1. The Hall–Kier alpha value is -2.43. The second kappa shape index (κ2) is 10.2. The molecule has 4 heteroatoms. The lowest BCUT2D eigenvalue weighted by Crippen LogP contribution is -2.48. The van der Waals surface area contributed by atoms with Crippen LogP contribution < -0.4 is 0 Å². The van der Waals surface area contributed by atoms with Gasteiger partial charge in [-0.1, -0.05) is 66.2 Å². The van der Waals surface area contributed by atoms with Crippen molar-refractivity contribution in [3.05, 3.63) is 83.4 Å². The number of carbonyl (C=O) groups is 1. The van der Waals surface area contributed by atoms with Gasteiger partial charge in [0.1, 0.15) is 6.61 Å². The highest BCUT2D eigenvalue weighted by Crippen LogP contribution is 2.29. The van der Waals surface area contributed by atoms with Crippen molar-refractivity contribution in [3.8, 4) is 0 Å². The summed E-state index contributed by atoms with van der Waals surface area (Å²) in [6, 6.07) is 21.7. The van der Waals surface area contributed by atoms with E-state index in [0.29, 0.717) is 6.61 Å². The predicted molar refractivity (Wildman–Crippen MR) is 113 cm³/mol. The van der Waals surface area contributed by atoms with Crippen LogP contribution in [0.4, 0.5) is 0 Å². The van der Waals surface area contributed by atoms with Crippen molar-refractivity contribution in [3.63, 3.8) is 0 Å². The van der Waals surface area contributed by atoms with Gasteiger partial charge in [0.05, 0.1) is 6.04 Å². The molecule has 1 saturated heterocycles. The van der Waals surface area contributed by atoms with Crippen LogP contribution >= 0.6 is 0 Å². The lowest BCUT2D eigenvalue weighted by molar-refractivity contribution is -0.138. The summed E-state index contributed by atoms with van der Waals surface area (Å²) in [5.74, 6) is -0.244. The maximum atomic E-state index is 11.6. The van der Waals surface area contributed by atoms with Gasteiger partial charge in [-0.05, 0) is 25.0 Å². The molecule has 0 N–H and O–H groups in total. The first-order chi connectivity index (χ1) is 13.6. The lowest BCUT2D eigenvalue weighted by Gasteiger charge is -2.39. The van der Waals surface area contributed by atoms with Gasteiger partial charge in [-0.2, -0.15) is 0 Å². The zero-order chi connectivity index (χ0) is 19.8. The quantitative estimate of drug-likeness (QED) is 0.540. The number of nitrogens with zero attached hydrogens (tertiary/aromatic N) is 2. The van der Waals surface area contributed by atoms with Crippen LogP contribution in [0.15, 0.2) is 72.3 Å². The smallest absolute Gasteiger partial charge is 0.330 e. The number of hydrogen-bond acceptors (Lipinski definition) is 4. The summed E-state index contributed by atoms with van der Waals surface area (Å²) in [5, 5.41) is 0. The van der Waals surface area contributed by atoms with Gasteiger partial charge in [-0.3, -0.25) is 9.80 Å². The molecule has 0 saturated carbocycles. The molecular formula is C24H30N2O2. The summed E-state index contributed by atoms with van der Waals surface area (Å²) >= 11 is 0. The Morgan fingerprint density at radius 1 is 0.929 bits per heavy atom. The first-order valence-electron chi connectivity index (χ1n) is 10.0. The second-order valence-electron chi connectivity index (χ2n) is 7.49. The lowest BCUT2D eigenvalue weighted by atomic mass is 9.96. The standard InChI is InChI=1S/C24H30N2O2/c1-20(2)19-23(27)28-18-17-25-13-15-26(16-14-25)24(21-9-5-3-6-10-21)22-11-7-4-8-12-22/h3-12,19,24H,13-18H2,1-2H3. The number of hydrogen-bond donors (Lipinski definition) is 0. The van der Waals surface area contributed by atoms with E-state index in [9.17, 15) is 4.79 Å². The molecule has 0 unspecified atom stereocenters. The van der Waals surface area contributed by atoms with E-state index in [0.717, 1.165) is 38.3 Å². The van der Waals surface area contributed by atoms with E-state index in [2.05, 4.69) is 70.5 Å². The van der Waals surface area contributed by atoms with E-state index in [-0.39, 0.29) is 12.0 Å². The minimum atomic E-state index is -0.244. The Kier molecular flexibility index (Phi) is 7.40. The van der Waals surface area contributed by atoms with Crippen LogP contribution in [-0.4, -0.2) is 55.1 Å². The largest absolute Gasteiger partial charge is 0.461 e. The Balaban J connectivity index is 1.57. The molecule has 0 aromatic heterocycles. The normalized spacial score (nSPS) is 15.4. The van der Waals surface area contributed by atoms with Crippen molar-refractivity contribution in [2.75, 3.05) is 39.3 Å². The molecule has 0 aliphatic carbocycles. The number of piperazine rings is 1. The monoisotopic (exact) mass is 378 g/mol. The maximum Gasteiger partial charge on any atom is 0.330 e. The fraction of sp³-hybridized carbons (Fsp3) is 0.375. The van der Waals surface area contributed by atoms with Gasteiger partial charge in [-0.15, -0.1) is 0 Å².